The van der Waals surface area contributed by atoms with Gasteiger partial charge in [0, 0.05) is 12.0 Å². The number of nitrogens with zero attached hydrogens (tertiary/aromatic N) is 1. The number of hydrogen-bond acceptors (Lipinski definition) is 4. The van der Waals surface area contributed by atoms with Gasteiger partial charge in [0.25, 0.3) is 0 Å². The van der Waals surface area contributed by atoms with Crippen molar-refractivity contribution in [2.75, 3.05) is 11.9 Å². The Bertz CT molecular complexity index is 685. The van der Waals surface area contributed by atoms with Crippen LogP contribution in [0.5, 0.6) is 0 Å². The molecule has 1 aromatic heterocycles. The van der Waals surface area contributed by atoms with Crippen molar-refractivity contribution in [2.24, 2.45) is 5.92 Å². The fraction of sp³-hybridized carbons (Fsp3) is 0.500. The minimum Gasteiger partial charge on any atom is -0.314 e. The first-order chi connectivity index (χ1) is 10.0. The summed E-state index contributed by atoms with van der Waals surface area (Å²) in [4.78, 5) is 16.9. The van der Waals surface area contributed by atoms with E-state index in [-0.39, 0.29) is 24.2 Å². The van der Waals surface area contributed by atoms with Crippen LogP contribution in [-0.4, -0.2) is 23.5 Å². The van der Waals surface area contributed by atoms with Crippen LogP contribution in [-0.2, 0) is 4.79 Å². The highest BCUT2D eigenvalue weighted by atomic mass is 35.5. The molecule has 22 heavy (non-hydrogen) atoms. The largest absolute Gasteiger partial charge is 0.314 e. The van der Waals surface area contributed by atoms with E-state index in [0.29, 0.717) is 6.04 Å². The summed E-state index contributed by atoms with van der Waals surface area (Å²) >= 11 is 1.56. The van der Waals surface area contributed by atoms with E-state index in [1.807, 2.05) is 0 Å². The van der Waals surface area contributed by atoms with E-state index < -0.39 is 0 Å². The lowest BCUT2D eigenvalue weighted by atomic mass is 9.92. The summed E-state index contributed by atoms with van der Waals surface area (Å²) in [6.07, 6.45) is 1.80. The maximum atomic E-state index is 12.4. The van der Waals surface area contributed by atoms with Gasteiger partial charge in [0.2, 0.25) is 5.91 Å². The van der Waals surface area contributed by atoms with Crippen LogP contribution in [0, 0.1) is 19.8 Å². The Morgan fingerprint density at radius 1 is 1.41 bits per heavy atom. The van der Waals surface area contributed by atoms with E-state index in [4.69, 9.17) is 0 Å². The highest BCUT2D eigenvalue weighted by Gasteiger charge is 2.25. The van der Waals surface area contributed by atoms with Crippen LogP contribution >= 0.6 is 23.7 Å². The second-order valence-electron chi connectivity index (χ2n) is 6.01. The van der Waals surface area contributed by atoms with E-state index in [9.17, 15) is 4.79 Å². The van der Waals surface area contributed by atoms with Crippen molar-refractivity contribution in [1.29, 1.82) is 0 Å². The SMILES string of the molecule is Cc1cc(C)c2nc(NC(=O)[C@H]3CCN[C@@H](C)C3)sc2c1.Cl. The van der Waals surface area contributed by atoms with Crippen molar-refractivity contribution in [3.05, 3.63) is 23.3 Å². The van der Waals surface area contributed by atoms with E-state index in [0.717, 1.165) is 40.3 Å². The third kappa shape index (κ3) is 3.59. The Hall–Kier alpha value is -1.17. The number of benzene rings is 1. The molecular formula is C16H22ClN3OS. The minimum absolute atomic E-state index is 0. The summed E-state index contributed by atoms with van der Waals surface area (Å²) in [6.45, 7) is 7.19. The van der Waals surface area contributed by atoms with Crippen molar-refractivity contribution in [3.63, 3.8) is 0 Å². The van der Waals surface area contributed by atoms with Crippen molar-refractivity contribution in [1.82, 2.24) is 10.3 Å². The lowest BCUT2D eigenvalue weighted by Gasteiger charge is -2.26. The zero-order valence-corrected chi connectivity index (χ0v) is 14.7. The van der Waals surface area contributed by atoms with Crippen LogP contribution in [0.25, 0.3) is 10.2 Å². The Morgan fingerprint density at radius 2 is 2.18 bits per heavy atom. The molecule has 0 unspecified atom stereocenters. The summed E-state index contributed by atoms with van der Waals surface area (Å²) in [5.74, 6) is 0.202. The molecule has 0 spiro atoms. The van der Waals surface area contributed by atoms with E-state index >= 15 is 0 Å². The Morgan fingerprint density at radius 3 is 2.91 bits per heavy atom. The number of aromatic nitrogens is 1. The molecule has 1 aromatic carbocycles. The van der Waals surface area contributed by atoms with E-state index in [1.54, 1.807) is 11.3 Å². The number of nitrogens with one attached hydrogen (secondary N) is 2. The molecule has 2 N–H and O–H groups in total. The average molecular weight is 340 g/mol. The molecule has 120 valence electrons. The quantitative estimate of drug-likeness (QED) is 0.877. The first-order valence-corrected chi connectivity index (χ1v) is 8.26. The molecule has 1 fully saturated rings. The number of carbonyl (C=O) groups is 1. The molecule has 0 saturated carbocycles. The lowest BCUT2D eigenvalue weighted by Crippen LogP contribution is -2.40. The van der Waals surface area contributed by atoms with Crippen LogP contribution in [0.3, 0.4) is 0 Å². The first kappa shape index (κ1) is 17.2. The van der Waals surface area contributed by atoms with E-state index in [2.05, 4.69) is 48.5 Å². The molecule has 0 aliphatic carbocycles. The van der Waals surface area contributed by atoms with Gasteiger partial charge in [0.1, 0.15) is 0 Å². The van der Waals surface area contributed by atoms with Crippen molar-refractivity contribution in [2.45, 2.75) is 39.7 Å². The molecule has 1 aliphatic rings. The first-order valence-electron chi connectivity index (χ1n) is 7.45. The van der Waals surface area contributed by atoms with Gasteiger partial charge in [-0.2, -0.15) is 0 Å². The molecule has 4 nitrogen and oxygen atoms in total. The number of carbonyl (C=O) groups excluding carboxylic acids is 1. The molecule has 1 aliphatic heterocycles. The predicted molar refractivity (Wildman–Crippen MR) is 95.2 cm³/mol. The van der Waals surface area contributed by atoms with Crippen molar-refractivity contribution in [3.8, 4) is 0 Å². The van der Waals surface area contributed by atoms with Gasteiger partial charge in [-0.15, -0.1) is 12.4 Å². The number of amides is 1. The monoisotopic (exact) mass is 339 g/mol. The Balaban J connectivity index is 0.00000176. The number of piperidine rings is 1. The third-order valence-electron chi connectivity index (χ3n) is 4.05. The smallest absolute Gasteiger partial charge is 0.229 e. The molecule has 0 radical (unpaired) electrons. The summed E-state index contributed by atoms with van der Waals surface area (Å²) < 4.78 is 1.14. The Labute approximate surface area is 141 Å². The molecule has 2 heterocycles. The van der Waals surface area contributed by atoms with Gasteiger partial charge in [-0.1, -0.05) is 17.4 Å². The number of thiazole rings is 1. The maximum Gasteiger partial charge on any atom is 0.229 e. The fourth-order valence-electron chi connectivity index (χ4n) is 3.00. The highest BCUT2D eigenvalue weighted by molar-refractivity contribution is 7.22. The second kappa shape index (κ2) is 6.94. The van der Waals surface area contributed by atoms with Crippen LogP contribution < -0.4 is 10.6 Å². The number of aryl methyl sites for hydroxylation is 2. The third-order valence-corrected chi connectivity index (χ3v) is 4.97. The van der Waals surface area contributed by atoms with Gasteiger partial charge < -0.3 is 10.6 Å². The van der Waals surface area contributed by atoms with Gasteiger partial charge in [-0.3, -0.25) is 4.79 Å². The molecule has 2 atom stereocenters. The zero-order valence-electron chi connectivity index (χ0n) is 13.1. The molecule has 1 saturated heterocycles. The predicted octanol–water partition coefficient (Wildman–Crippen LogP) is 3.66. The van der Waals surface area contributed by atoms with Gasteiger partial charge in [0.05, 0.1) is 10.2 Å². The number of rotatable bonds is 2. The van der Waals surface area contributed by atoms with Crippen LogP contribution in [0.2, 0.25) is 0 Å². The normalized spacial score (nSPS) is 21.4. The number of hydrogen-bond donors (Lipinski definition) is 2. The average Bonchev–Trinajstić information content (AvgIpc) is 2.81. The highest BCUT2D eigenvalue weighted by Crippen LogP contribution is 2.30. The van der Waals surface area contributed by atoms with Gasteiger partial charge in [0.15, 0.2) is 5.13 Å². The van der Waals surface area contributed by atoms with Gasteiger partial charge in [-0.05, 0) is 57.4 Å². The van der Waals surface area contributed by atoms with Crippen LogP contribution in [0.1, 0.15) is 30.9 Å². The molecular weight excluding hydrogens is 318 g/mol. The Kier molecular flexibility index (Phi) is 5.42. The van der Waals surface area contributed by atoms with E-state index in [1.165, 1.54) is 5.56 Å². The molecule has 3 rings (SSSR count). The molecule has 2 aromatic rings. The van der Waals surface area contributed by atoms with Crippen LogP contribution in [0.4, 0.5) is 5.13 Å². The van der Waals surface area contributed by atoms with Crippen LogP contribution in [0.15, 0.2) is 12.1 Å². The summed E-state index contributed by atoms with van der Waals surface area (Å²) in [5, 5.41) is 7.10. The fourth-order valence-corrected chi connectivity index (χ4v) is 4.05. The molecule has 6 heteroatoms. The zero-order chi connectivity index (χ0) is 15.0. The second-order valence-corrected chi connectivity index (χ2v) is 7.04. The molecule has 1 amide bonds. The summed E-state index contributed by atoms with van der Waals surface area (Å²) in [6, 6.07) is 4.67. The van der Waals surface area contributed by atoms with Crippen molar-refractivity contribution >= 4 is 45.0 Å². The lowest BCUT2D eigenvalue weighted by molar-refractivity contribution is -0.120. The summed E-state index contributed by atoms with van der Waals surface area (Å²) in [5.41, 5.74) is 3.39. The number of fused-ring (bicyclic) bond motifs is 1. The maximum absolute atomic E-state index is 12.4. The minimum atomic E-state index is 0. The number of anilines is 1. The number of halogens is 1. The van der Waals surface area contributed by atoms with Gasteiger partial charge in [-0.25, -0.2) is 4.98 Å². The van der Waals surface area contributed by atoms with Crippen molar-refractivity contribution < 1.29 is 4.79 Å². The van der Waals surface area contributed by atoms with Gasteiger partial charge >= 0.3 is 0 Å². The standard InChI is InChI=1S/C16H21N3OS.ClH/c1-9-6-10(2)14-13(7-9)21-16(18-14)19-15(20)12-4-5-17-11(3)8-12;/h6-7,11-12,17H,4-5,8H2,1-3H3,(H,18,19,20);1H/t11-,12-;/m0./s1. The summed E-state index contributed by atoms with van der Waals surface area (Å²) in [7, 11) is 0. The molecule has 0 bridgehead atoms. The topological polar surface area (TPSA) is 54.0 Å².